The molecule has 0 aliphatic carbocycles. The molecule has 8 aromatic carbocycles. The maximum Gasteiger partial charge on any atom is 0.354 e. The quantitative estimate of drug-likeness (QED) is 0.0105. The minimum atomic E-state index is -0.990. The summed E-state index contributed by atoms with van der Waals surface area (Å²) in [7, 11) is 0. The Bertz CT molecular complexity index is 4910. The molecule has 0 aliphatic rings. The van der Waals surface area contributed by atoms with Gasteiger partial charge in [0.2, 0.25) is 0 Å². The van der Waals surface area contributed by atoms with Crippen LogP contribution in [0.5, 0.6) is 11.5 Å². The van der Waals surface area contributed by atoms with E-state index in [1.165, 1.54) is 102 Å². The number of carbonyl (C=O) groups excluding carboxylic acids is 2. The third-order valence-corrected chi connectivity index (χ3v) is 20.0. The van der Waals surface area contributed by atoms with Crippen LogP contribution in [0.2, 0.25) is 0 Å². The van der Waals surface area contributed by atoms with Crippen molar-refractivity contribution >= 4 is 66.5 Å². The number of nitrogens with zero attached hydrogens (tertiary/aromatic N) is 3. The number of hydrogen-bond acceptors (Lipinski definition) is 10. The average Bonchev–Trinajstić information content (AvgIpc) is 0.779. The Labute approximate surface area is 693 Å². The van der Waals surface area contributed by atoms with Crippen LogP contribution in [-0.4, -0.2) is 64.4 Å². The number of carboxylic acid groups (broad SMARTS) is 1. The molecule has 0 bridgehead atoms. The molecule has 599 valence electrons. The van der Waals surface area contributed by atoms with Crippen molar-refractivity contribution in [2.75, 3.05) is 26.4 Å². The number of carbonyl (C=O) groups is 3. The molecule has 16 heteroatoms. The monoisotopic (exact) mass is 1740 g/mol. The predicted molar refractivity (Wildman–Crippen MR) is 458 cm³/mol. The largest absolute Gasteiger partial charge is 0.494 e. The van der Waals surface area contributed by atoms with Gasteiger partial charge in [-0.15, -0.1) is 24.3 Å². The van der Waals surface area contributed by atoms with Gasteiger partial charge in [-0.05, 0) is 252 Å². The molecular formula is C100H97F4IrN3O8-2. The van der Waals surface area contributed by atoms with E-state index in [1.54, 1.807) is 36.7 Å². The van der Waals surface area contributed by atoms with E-state index >= 15 is 0 Å². The number of carboxylic acids is 1. The van der Waals surface area contributed by atoms with E-state index in [2.05, 4.69) is 217 Å². The van der Waals surface area contributed by atoms with Crippen molar-refractivity contribution in [3.8, 4) is 56.3 Å². The summed E-state index contributed by atoms with van der Waals surface area (Å²) in [6.07, 6.45) is 33.7. The topological polar surface area (TPSA) is 147 Å². The van der Waals surface area contributed by atoms with Crippen molar-refractivity contribution in [1.82, 2.24) is 15.0 Å². The Morgan fingerprint density at radius 3 is 1.04 bits per heavy atom. The van der Waals surface area contributed by atoms with Crippen LogP contribution in [0.15, 0.2) is 208 Å². The first-order chi connectivity index (χ1) is 55.6. The van der Waals surface area contributed by atoms with Gasteiger partial charge in [0.1, 0.15) is 17.2 Å². The number of benzene rings is 8. The van der Waals surface area contributed by atoms with Gasteiger partial charge in [-0.1, -0.05) is 215 Å². The second-order valence-electron chi connectivity index (χ2n) is 27.8. The summed E-state index contributed by atoms with van der Waals surface area (Å²) in [5, 5.41) is 8.32. The molecule has 0 aliphatic heterocycles. The van der Waals surface area contributed by atoms with E-state index in [0.717, 1.165) is 133 Å². The second-order valence-corrected chi connectivity index (χ2v) is 27.8. The van der Waals surface area contributed by atoms with E-state index in [4.69, 9.17) is 24.1 Å². The van der Waals surface area contributed by atoms with Crippen LogP contribution < -0.4 is 9.47 Å². The molecule has 3 aromatic heterocycles. The molecule has 0 fully saturated rings. The molecule has 11 rings (SSSR count). The summed E-state index contributed by atoms with van der Waals surface area (Å²) in [5.74, 6) is -2.68. The summed E-state index contributed by atoms with van der Waals surface area (Å²) in [6, 6.07) is 54.6. The SMILES string of the molecule is C=CC(=O)OCCCCCCCOc1ccc(-c2c(C)c(C)c(/C=C/c3ccc(/C=C/c4ccnc(-c5[c-]cc(F)cc5F)c4)cc3)c(C)c2C)cc1.C=CC(=O)OCCCCCCCOc1ccc(-c2c(C)c(C)c(/C=C/c3ccc(/C=C/c4ccnc(-c5[c-]cc(F)cc5F)c4)cc3)c(C)c2C)cc1.O=C(O)c1ccccn1.[Ir]. The minimum absolute atomic E-state index is 0. The zero-order chi connectivity index (χ0) is 82.2. The van der Waals surface area contributed by atoms with Crippen LogP contribution in [0.4, 0.5) is 17.6 Å². The van der Waals surface area contributed by atoms with Crippen LogP contribution in [-0.2, 0) is 39.2 Å². The van der Waals surface area contributed by atoms with Crippen molar-refractivity contribution in [2.24, 2.45) is 0 Å². The van der Waals surface area contributed by atoms with Crippen molar-refractivity contribution < 1.29 is 76.1 Å². The fourth-order valence-corrected chi connectivity index (χ4v) is 13.1. The molecule has 11 nitrogen and oxygen atoms in total. The average molecular weight is 1740 g/mol. The van der Waals surface area contributed by atoms with Gasteiger partial charge >= 0.3 is 17.9 Å². The normalized spacial score (nSPS) is 11.1. The van der Waals surface area contributed by atoms with Gasteiger partial charge in [-0.2, -0.15) is 0 Å². The van der Waals surface area contributed by atoms with Crippen molar-refractivity contribution in [1.29, 1.82) is 0 Å². The Balaban J connectivity index is 0.000000259. The molecule has 0 saturated carbocycles. The van der Waals surface area contributed by atoms with Gasteiger partial charge in [0.05, 0.1) is 26.4 Å². The van der Waals surface area contributed by atoms with Crippen molar-refractivity contribution in [2.45, 2.75) is 120 Å². The van der Waals surface area contributed by atoms with Crippen LogP contribution in [0.25, 0.3) is 93.4 Å². The van der Waals surface area contributed by atoms with E-state index in [-0.39, 0.29) is 48.9 Å². The third kappa shape index (κ3) is 26.6. The van der Waals surface area contributed by atoms with Crippen molar-refractivity contribution in [3.05, 3.63) is 338 Å². The third-order valence-electron chi connectivity index (χ3n) is 20.0. The van der Waals surface area contributed by atoms with E-state index in [9.17, 15) is 31.9 Å². The molecular weight excluding hydrogens is 1640 g/mol. The van der Waals surface area contributed by atoms with Crippen LogP contribution in [0.1, 0.15) is 164 Å². The molecule has 0 saturated heterocycles. The minimum Gasteiger partial charge on any atom is -0.494 e. The Kier molecular flexibility index (Phi) is 35.4. The number of unbranched alkanes of at least 4 members (excludes halogenated alkanes) is 8. The molecule has 0 spiro atoms. The second kappa shape index (κ2) is 45.8. The van der Waals surface area contributed by atoms with E-state index in [1.807, 2.05) is 36.4 Å². The first kappa shape index (κ1) is 89.6. The summed E-state index contributed by atoms with van der Waals surface area (Å²) in [5.41, 5.74) is 24.5. The molecule has 0 atom stereocenters. The van der Waals surface area contributed by atoms with Gasteiger partial charge in [-0.25, -0.2) is 19.4 Å². The van der Waals surface area contributed by atoms with Gasteiger partial charge in [-0.3, -0.25) is 17.6 Å². The smallest absolute Gasteiger partial charge is 0.354 e. The number of halogens is 4. The predicted octanol–water partition coefficient (Wildman–Crippen LogP) is 25.0. The molecule has 0 amide bonds. The summed E-state index contributed by atoms with van der Waals surface area (Å²) in [4.78, 5) is 44.4. The fourth-order valence-electron chi connectivity index (χ4n) is 13.1. The Morgan fingerprint density at radius 1 is 0.388 bits per heavy atom. The van der Waals surface area contributed by atoms with Gasteiger partial charge in [0, 0.05) is 74.1 Å². The van der Waals surface area contributed by atoms with Gasteiger partial charge < -0.3 is 34.0 Å². The summed E-state index contributed by atoms with van der Waals surface area (Å²) >= 11 is 0. The molecule has 116 heavy (non-hydrogen) atoms. The van der Waals surface area contributed by atoms with Crippen LogP contribution in [0, 0.1) is 90.8 Å². The number of hydrogen-bond donors (Lipinski definition) is 1. The number of aromatic nitrogens is 3. The molecule has 0 unspecified atom stereocenters. The van der Waals surface area contributed by atoms with Gasteiger partial charge in [0.25, 0.3) is 0 Å². The van der Waals surface area contributed by atoms with E-state index in [0.29, 0.717) is 37.8 Å². The molecule has 11 aromatic rings. The van der Waals surface area contributed by atoms with Crippen LogP contribution >= 0.6 is 0 Å². The maximum absolute atomic E-state index is 14.3. The number of pyridine rings is 3. The van der Waals surface area contributed by atoms with Gasteiger partial charge in [0.15, 0.2) is 0 Å². The zero-order valence-corrected chi connectivity index (χ0v) is 69.3. The Morgan fingerprint density at radius 2 is 0.724 bits per heavy atom. The molecule has 1 N–H and O–H groups in total. The fraction of sp³-hybridized carbons (Fsp3) is 0.220. The molecule has 3 heterocycles. The number of ether oxygens (including phenoxy) is 4. The standard InChI is InChI=1S/2C47H46F2NO3.C6H5NO2.Ir/c2*1-6-46(51)53-29-11-9-7-8-10-28-52-41-22-19-39(20-23-41)47-34(4)32(2)42(33(3)35(47)5)24-18-37-14-12-36(13-15-37)16-17-38-26-27-50-45(30-38)43-25-21-40(48)31-44(43)49;8-6(9)5-3-1-2-4-7-5;/h2*6,12-24,26-27,30-31H,1,7-11,28-29H2,2-5H3;1-4H,(H,8,9);/q2*-1;;/b2*17-16+,24-18+;;. The first-order valence-electron chi connectivity index (χ1n) is 38.6. The van der Waals surface area contributed by atoms with Crippen molar-refractivity contribution in [3.63, 3.8) is 0 Å². The zero-order valence-electron chi connectivity index (χ0n) is 66.9. The Hall–Kier alpha value is -12.0. The first-order valence-corrected chi connectivity index (χ1v) is 38.6. The molecule has 1 radical (unpaired) electrons. The van der Waals surface area contributed by atoms with Crippen LogP contribution in [0.3, 0.4) is 0 Å². The number of esters is 2. The number of aromatic carboxylic acids is 1. The van der Waals surface area contributed by atoms with E-state index < -0.39 is 29.2 Å². The summed E-state index contributed by atoms with van der Waals surface area (Å²) in [6.45, 7) is 26.6. The maximum atomic E-state index is 14.3. The summed E-state index contributed by atoms with van der Waals surface area (Å²) < 4.78 is 77.2. The number of rotatable bonds is 33.